The molecule has 1 aliphatic heterocycles. The van der Waals surface area contributed by atoms with Gasteiger partial charge in [0.05, 0.1) is 18.7 Å². The van der Waals surface area contributed by atoms with Gasteiger partial charge >= 0.3 is 0 Å². The van der Waals surface area contributed by atoms with E-state index in [1.54, 1.807) is 12.0 Å². The van der Waals surface area contributed by atoms with Gasteiger partial charge < -0.3 is 15.0 Å². The second-order valence-electron chi connectivity index (χ2n) is 5.60. The van der Waals surface area contributed by atoms with Crippen LogP contribution in [0.2, 0.25) is 0 Å². The van der Waals surface area contributed by atoms with Crippen molar-refractivity contribution >= 4 is 11.8 Å². The van der Waals surface area contributed by atoms with Crippen LogP contribution in [-0.2, 0) is 14.3 Å². The highest BCUT2D eigenvalue weighted by Gasteiger charge is 2.44. The summed E-state index contributed by atoms with van der Waals surface area (Å²) in [6.45, 7) is 0.0785. The second-order valence-corrected chi connectivity index (χ2v) is 5.60. The van der Waals surface area contributed by atoms with Gasteiger partial charge in [0, 0.05) is 7.11 Å². The van der Waals surface area contributed by atoms with Gasteiger partial charge in [-0.2, -0.15) is 0 Å². The van der Waals surface area contributed by atoms with Crippen LogP contribution in [0.4, 0.5) is 0 Å². The maximum Gasteiger partial charge on any atom is 0.247 e. The minimum Gasteiger partial charge on any atom is -0.379 e. The Morgan fingerprint density at radius 1 is 1.19 bits per heavy atom. The molecule has 0 aromatic heterocycles. The Hall–Kier alpha value is -1.88. The number of hydrogen-bond donors (Lipinski definition) is 1. The lowest BCUT2D eigenvalue weighted by atomic mass is 9.98. The number of hydrogen-bond acceptors (Lipinski definition) is 3. The normalized spacial score (nSPS) is 29.6. The number of amides is 2. The van der Waals surface area contributed by atoms with Crippen LogP contribution in [0.15, 0.2) is 30.3 Å². The van der Waals surface area contributed by atoms with Gasteiger partial charge in [-0.25, -0.2) is 0 Å². The summed E-state index contributed by atoms with van der Waals surface area (Å²) >= 11 is 0. The van der Waals surface area contributed by atoms with Crippen LogP contribution in [0, 0.1) is 0 Å². The van der Waals surface area contributed by atoms with E-state index in [2.05, 4.69) is 5.32 Å². The molecule has 1 heterocycles. The molecule has 1 aromatic carbocycles. The van der Waals surface area contributed by atoms with Crippen LogP contribution in [0.25, 0.3) is 0 Å². The molecule has 1 N–H and O–H groups in total. The molecule has 112 valence electrons. The van der Waals surface area contributed by atoms with Crippen LogP contribution >= 0.6 is 0 Å². The van der Waals surface area contributed by atoms with Crippen molar-refractivity contribution in [2.24, 2.45) is 0 Å². The summed E-state index contributed by atoms with van der Waals surface area (Å²) in [6, 6.07) is 8.92. The molecule has 2 aliphatic rings. The van der Waals surface area contributed by atoms with E-state index in [-0.39, 0.29) is 30.5 Å². The molecule has 0 radical (unpaired) electrons. The van der Waals surface area contributed by atoms with E-state index >= 15 is 0 Å². The topological polar surface area (TPSA) is 58.6 Å². The molecule has 2 amide bonds. The third kappa shape index (κ3) is 2.53. The first-order valence-corrected chi connectivity index (χ1v) is 7.39. The monoisotopic (exact) mass is 288 g/mol. The predicted molar refractivity (Wildman–Crippen MR) is 77.5 cm³/mol. The summed E-state index contributed by atoms with van der Waals surface area (Å²) in [5.41, 5.74) is 0.852. The van der Waals surface area contributed by atoms with Crippen molar-refractivity contribution in [3.8, 4) is 0 Å². The fraction of sp³-hybridized carbons (Fsp3) is 0.500. The van der Waals surface area contributed by atoms with Crippen LogP contribution in [-0.4, -0.2) is 42.5 Å². The molecule has 3 rings (SSSR count). The summed E-state index contributed by atoms with van der Waals surface area (Å²) in [5, 5.41) is 2.70. The molecule has 1 saturated heterocycles. The highest BCUT2D eigenvalue weighted by molar-refractivity contribution is 5.95. The number of benzene rings is 1. The largest absolute Gasteiger partial charge is 0.379 e. The Balaban J connectivity index is 1.96. The van der Waals surface area contributed by atoms with E-state index in [0.29, 0.717) is 0 Å². The first-order valence-electron chi connectivity index (χ1n) is 7.39. The number of rotatable bonds is 3. The van der Waals surface area contributed by atoms with Crippen LogP contribution in [0.3, 0.4) is 0 Å². The fourth-order valence-corrected chi connectivity index (χ4v) is 3.44. The zero-order valence-corrected chi connectivity index (χ0v) is 12.1. The maximum atomic E-state index is 12.4. The van der Waals surface area contributed by atoms with Gasteiger partial charge in [-0.15, -0.1) is 0 Å². The minimum absolute atomic E-state index is 0.0150. The molecule has 3 atom stereocenters. The third-order valence-electron chi connectivity index (χ3n) is 4.42. The molecule has 5 heteroatoms. The number of nitrogens with zero attached hydrogens (tertiary/aromatic N) is 1. The molecule has 1 aliphatic carbocycles. The van der Waals surface area contributed by atoms with E-state index in [9.17, 15) is 9.59 Å². The van der Waals surface area contributed by atoms with Crippen molar-refractivity contribution < 1.29 is 14.3 Å². The first-order chi connectivity index (χ1) is 10.2. The summed E-state index contributed by atoms with van der Waals surface area (Å²) in [7, 11) is 1.68. The van der Waals surface area contributed by atoms with Crippen molar-refractivity contribution in [3.63, 3.8) is 0 Å². The van der Waals surface area contributed by atoms with Gasteiger partial charge in [0.1, 0.15) is 6.04 Å². The molecule has 2 fully saturated rings. The second kappa shape index (κ2) is 5.85. The molecule has 0 bridgehead atoms. The Morgan fingerprint density at radius 3 is 2.67 bits per heavy atom. The molecular formula is C16H20N2O3. The Morgan fingerprint density at radius 2 is 1.95 bits per heavy atom. The number of ether oxygens (including phenoxy) is 1. The Bertz CT molecular complexity index is 532. The lowest BCUT2D eigenvalue weighted by Crippen LogP contribution is -2.58. The molecule has 1 aromatic rings. The minimum atomic E-state index is -0.548. The Labute approximate surface area is 124 Å². The quantitative estimate of drug-likeness (QED) is 0.911. The van der Waals surface area contributed by atoms with Crippen LogP contribution in [0.1, 0.15) is 30.9 Å². The predicted octanol–water partition coefficient (Wildman–Crippen LogP) is 1.25. The van der Waals surface area contributed by atoms with E-state index in [0.717, 1.165) is 24.8 Å². The van der Waals surface area contributed by atoms with Gasteiger partial charge in [0.15, 0.2) is 0 Å². The van der Waals surface area contributed by atoms with Crippen molar-refractivity contribution in [3.05, 3.63) is 35.9 Å². The highest BCUT2D eigenvalue weighted by Crippen LogP contribution is 2.34. The van der Waals surface area contributed by atoms with Crippen molar-refractivity contribution in [2.45, 2.75) is 37.5 Å². The van der Waals surface area contributed by atoms with Gasteiger partial charge in [-0.3, -0.25) is 9.59 Å². The molecule has 1 saturated carbocycles. The number of nitrogens with one attached hydrogen (secondary N) is 1. The van der Waals surface area contributed by atoms with E-state index < -0.39 is 6.04 Å². The zero-order chi connectivity index (χ0) is 14.8. The number of carbonyl (C=O) groups excluding carboxylic acids is 2. The average Bonchev–Trinajstić information content (AvgIpc) is 2.98. The SMILES string of the molecule is COC1CCCC1N1C(=O)CNC(=O)C1c1ccccc1. The van der Waals surface area contributed by atoms with Crippen molar-refractivity contribution in [2.75, 3.05) is 13.7 Å². The fourth-order valence-electron chi connectivity index (χ4n) is 3.44. The summed E-state index contributed by atoms with van der Waals surface area (Å²) in [5.74, 6) is -0.139. The standard InChI is InChI=1S/C16H20N2O3/c1-21-13-9-5-8-12(13)18-14(19)10-17-16(20)15(18)11-6-3-2-4-7-11/h2-4,6-7,12-13,15H,5,8-10H2,1H3,(H,17,20). The van der Waals surface area contributed by atoms with E-state index in [4.69, 9.17) is 4.74 Å². The number of piperazine rings is 1. The van der Waals surface area contributed by atoms with Crippen molar-refractivity contribution in [1.29, 1.82) is 0 Å². The molecule has 21 heavy (non-hydrogen) atoms. The van der Waals surface area contributed by atoms with Crippen molar-refractivity contribution in [1.82, 2.24) is 10.2 Å². The molecule has 5 nitrogen and oxygen atoms in total. The summed E-state index contributed by atoms with van der Waals surface area (Å²) in [6.07, 6.45) is 2.87. The molecule has 0 spiro atoms. The van der Waals surface area contributed by atoms with Gasteiger partial charge in [-0.05, 0) is 24.8 Å². The van der Waals surface area contributed by atoms with Gasteiger partial charge in [0.25, 0.3) is 0 Å². The Kier molecular flexibility index (Phi) is 3.92. The highest BCUT2D eigenvalue weighted by atomic mass is 16.5. The lowest BCUT2D eigenvalue weighted by Gasteiger charge is -2.41. The van der Waals surface area contributed by atoms with Crippen LogP contribution in [0.5, 0.6) is 0 Å². The first kappa shape index (κ1) is 14.1. The summed E-state index contributed by atoms with van der Waals surface area (Å²) in [4.78, 5) is 26.5. The average molecular weight is 288 g/mol. The van der Waals surface area contributed by atoms with Crippen LogP contribution < -0.4 is 5.32 Å². The number of carbonyl (C=O) groups is 2. The number of methoxy groups -OCH3 is 1. The lowest BCUT2D eigenvalue weighted by molar-refractivity contribution is -0.151. The smallest absolute Gasteiger partial charge is 0.247 e. The summed E-state index contributed by atoms with van der Waals surface area (Å²) < 4.78 is 5.52. The van der Waals surface area contributed by atoms with E-state index in [1.165, 1.54) is 0 Å². The maximum absolute atomic E-state index is 12.4. The van der Waals surface area contributed by atoms with Gasteiger partial charge in [0.2, 0.25) is 11.8 Å². The molecular weight excluding hydrogens is 268 g/mol. The molecule has 3 unspecified atom stereocenters. The zero-order valence-electron chi connectivity index (χ0n) is 12.1. The third-order valence-corrected chi connectivity index (χ3v) is 4.42. The van der Waals surface area contributed by atoms with E-state index in [1.807, 2.05) is 30.3 Å². The van der Waals surface area contributed by atoms with Gasteiger partial charge in [-0.1, -0.05) is 30.3 Å².